The Morgan fingerprint density at radius 2 is 2.00 bits per heavy atom. The molecule has 1 rings (SSSR count). The molecule has 0 saturated carbocycles. The molecule has 14 heavy (non-hydrogen) atoms. The molecule has 1 fully saturated rings. The van der Waals surface area contributed by atoms with Gasteiger partial charge in [0.15, 0.2) is 0 Å². The molecule has 1 saturated heterocycles. The minimum absolute atomic E-state index is 0.213. The number of carbonyl (C=O) groups is 2. The maximum atomic E-state index is 10.7. The Labute approximate surface area is 85.1 Å². The van der Waals surface area contributed by atoms with Crippen LogP contribution in [0.3, 0.4) is 0 Å². The van der Waals surface area contributed by atoms with E-state index in [4.69, 9.17) is 0 Å². The summed E-state index contributed by atoms with van der Waals surface area (Å²) in [5.41, 5.74) is 0. The summed E-state index contributed by atoms with van der Waals surface area (Å²) in [6, 6.07) is 0. The highest BCUT2D eigenvalue weighted by Gasteiger charge is 2.31. The third-order valence-corrected chi connectivity index (χ3v) is 1.41. The predicted octanol–water partition coefficient (Wildman–Crippen LogP) is 2.31. The van der Waals surface area contributed by atoms with Crippen LogP contribution in [0.5, 0.6) is 0 Å². The lowest BCUT2D eigenvalue weighted by atomic mass is 10.0. The van der Waals surface area contributed by atoms with Crippen LogP contribution < -0.4 is 0 Å². The largest absolute Gasteiger partial charge is 0.393 e. The molecule has 1 heterocycles. The third kappa shape index (κ3) is 5.51. The summed E-state index contributed by atoms with van der Waals surface area (Å²) in [5, 5.41) is 0. The van der Waals surface area contributed by atoms with E-state index >= 15 is 0 Å². The van der Waals surface area contributed by atoms with Gasteiger partial charge in [-0.25, -0.2) is 0 Å². The van der Waals surface area contributed by atoms with Gasteiger partial charge in [0, 0.05) is 0 Å². The van der Waals surface area contributed by atoms with Crippen LogP contribution in [-0.4, -0.2) is 11.9 Å². The zero-order chi connectivity index (χ0) is 11.1. The molecule has 1 aliphatic rings. The second kappa shape index (κ2) is 6.35. The van der Waals surface area contributed by atoms with Crippen molar-refractivity contribution < 1.29 is 14.3 Å². The first kappa shape index (κ1) is 12.9. The quantitative estimate of drug-likeness (QED) is 0.388. The number of carbonyl (C=O) groups excluding carboxylic acids is 2. The van der Waals surface area contributed by atoms with Crippen molar-refractivity contribution in [1.29, 1.82) is 0 Å². The van der Waals surface area contributed by atoms with Crippen molar-refractivity contribution in [2.24, 2.45) is 11.8 Å². The van der Waals surface area contributed by atoms with Crippen LogP contribution in [0.1, 0.15) is 33.6 Å². The van der Waals surface area contributed by atoms with Crippen molar-refractivity contribution in [3.05, 3.63) is 12.7 Å². The SMILES string of the molecule is C=CCC1CC(=O)OC1=O.CC(C)C. The molecule has 0 spiro atoms. The lowest BCUT2D eigenvalue weighted by molar-refractivity contribution is -0.153. The average Bonchev–Trinajstić information content (AvgIpc) is 2.30. The van der Waals surface area contributed by atoms with Gasteiger partial charge < -0.3 is 4.74 Å². The number of hydrogen-bond donors (Lipinski definition) is 0. The topological polar surface area (TPSA) is 43.4 Å². The maximum Gasteiger partial charge on any atom is 0.317 e. The molecule has 1 unspecified atom stereocenters. The van der Waals surface area contributed by atoms with Crippen molar-refractivity contribution in [2.45, 2.75) is 33.6 Å². The van der Waals surface area contributed by atoms with Crippen LogP contribution in [0.15, 0.2) is 12.7 Å². The zero-order valence-electron chi connectivity index (χ0n) is 9.08. The molecule has 0 aromatic carbocycles. The monoisotopic (exact) mass is 198 g/mol. The van der Waals surface area contributed by atoms with Crippen molar-refractivity contribution in [3.8, 4) is 0 Å². The molecule has 1 aliphatic heterocycles. The van der Waals surface area contributed by atoms with Gasteiger partial charge in [-0.1, -0.05) is 26.8 Å². The normalized spacial score (nSPS) is 20.1. The number of ether oxygens (including phenoxy) is 1. The van der Waals surface area contributed by atoms with Gasteiger partial charge in [0.05, 0.1) is 12.3 Å². The van der Waals surface area contributed by atoms with E-state index in [9.17, 15) is 9.59 Å². The molecule has 0 aliphatic carbocycles. The Hall–Kier alpha value is -1.12. The third-order valence-electron chi connectivity index (χ3n) is 1.41. The molecular formula is C11H18O3. The van der Waals surface area contributed by atoms with Gasteiger partial charge in [-0.2, -0.15) is 0 Å². The van der Waals surface area contributed by atoms with Gasteiger partial charge >= 0.3 is 11.9 Å². The van der Waals surface area contributed by atoms with Crippen LogP contribution in [0.2, 0.25) is 0 Å². The van der Waals surface area contributed by atoms with Crippen molar-refractivity contribution in [1.82, 2.24) is 0 Å². The fourth-order valence-corrected chi connectivity index (χ4v) is 0.902. The van der Waals surface area contributed by atoms with Crippen LogP contribution in [0, 0.1) is 11.8 Å². The minimum atomic E-state index is -0.420. The first-order chi connectivity index (χ1) is 6.47. The van der Waals surface area contributed by atoms with Gasteiger partial charge in [0.2, 0.25) is 0 Å². The van der Waals surface area contributed by atoms with E-state index < -0.39 is 11.9 Å². The second-order valence-corrected chi connectivity index (χ2v) is 3.95. The lowest BCUT2D eigenvalue weighted by Crippen LogP contribution is -2.05. The molecule has 0 aromatic heterocycles. The van der Waals surface area contributed by atoms with Gasteiger partial charge in [-0.15, -0.1) is 6.58 Å². The van der Waals surface area contributed by atoms with E-state index in [0.717, 1.165) is 5.92 Å². The molecular weight excluding hydrogens is 180 g/mol. The van der Waals surface area contributed by atoms with E-state index in [-0.39, 0.29) is 12.3 Å². The fraction of sp³-hybridized carbons (Fsp3) is 0.636. The van der Waals surface area contributed by atoms with Crippen LogP contribution in [0.4, 0.5) is 0 Å². The van der Waals surface area contributed by atoms with Crippen LogP contribution >= 0.6 is 0 Å². The Balaban J connectivity index is 0.000000364. The summed E-state index contributed by atoms with van der Waals surface area (Å²) in [7, 11) is 0. The van der Waals surface area contributed by atoms with E-state index in [1.54, 1.807) is 6.08 Å². The van der Waals surface area contributed by atoms with E-state index in [0.29, 0.717) is 6.42 Å². The predicted molar refractivity (Wildman–Crippen MR) is 54.5 cm³/mol. The standard InChI is InChI=1S/C7H8O3.C4H10/c1-2-3-5-4-6(8)10-7(5)9;1-4(2)3/h2,5H,1,3-4H2;4H,1-3H3. The smallest absolute Gasteiger partial charge is 0.317 e. The highest BCUT2D eigenvalue weighted by molar-refractivity contribution is 5.94. The van der Waals surface area contributed by atoms with E-state index in [2.05, 4.69) is 32.1 Å². The molecule has 1 atom stereocenters. The van der Waals surface area contributed by atoms with Gasteiger partial charge in [0.1, 0.15) is 0 Å². The molecule has 3 heteroatoms. The van der Waals surface area contributed by atoms with E-state index in [1.807, 2.05) is 0 Å². The molecule has 3 nitrogen and oxygen atoms in total. The first-order valence-corrected chi connectivity index (χ1v) is 4.82. The summed E-state index contributed by atoms with van der Waals surface area (Å²) >= 11 is 0. The minimum Gasteiger partial charge on any atom is -0.393 e. The van der Waals surface area contributed by atoms with Crippen molar-refractivity contribution >= 4 is 11.9 Å². The molecule has 0 aromatic rings. The summed E-state index contributed by atoms with van der Waals surface area (Å²) in [6.07, 6.45) is 2.36. The Bertz CT molecular complexity index is 216. The van der Waals surface area contributed by atoms with Crippen molar-refractivity contribution in [3.63, 3.8) is 0 Å². The Morgan fingerprint density at radius 1 is 1.50 bits per heavy atom. The van der Waals surface area contributed by atoms with Gasteiger partial charge in [-0.3, -0.25) is 9.59 Å². The summed E-state index contributed by atoms with van der Waals surface area (Å²) in [4.78, 5) is 21.1. The highest BCUT2D eigenvalue weighted by atomic mass is 16.6. The molecule has 0 amide bonds. The maximum absolute atomic E-state index is 10.7. The number of esters is 2. The van der Waals surface area contributed by atoms with Gasteiger partial charge in [-0.05, 0) is 12.3 Å². The fourth-order valence-electron chi connectivity index (χ4n) is 0.902. The Kier molecular flexibility index (Phi) is 5.84. The lowest BCUT2D eigenvalue weighted by Gasteiger charge is -1.95. The number of rotatable bonds is 2. The number of cyclic esters (lactones) is 2. The van der Waals surface area contributed by atoms with Crippen molar-refractivity contribution in [2.75, 3.05) is 0 Å². The second-order valence-electron chi connectivity index (χ2n) is 3.95. The summed E-state index contributed by atoms with van der Waals surface area (Å²) in [6.45, 7) is 9.96. The van der Waals surface area contributed by atoms with Gasteiger partial charge in [0.25, 0.3) is 0 Å². The first-order valence-electron chi connectivity index (χ1n) is 4.82. The molecule has 80 valence electrons. The molecule has 0 bridgehead atoms. The summed E-state index contributed by atoms with van der Waals surface area (Å²) < 4.78 is 4.30. The van der Waals surface area contributed by atoms with Crippen LogP contribution in [-0.2, 0) is 14.3 Å². The average molecular weight is 198 g/mol. The zero-order valence-corrected chi connectivity index (χ0v) is 9.08. The van der Waals surface area contributed by atoms with E-state index in [1.165, 1.54) is 0 Å². The van der Waals surface area contributed by atoms with Crippen LogP contribution in [0.25, 0.3) is 0 Å². The molecule has 0 N–H and O–H groups in total. The Morgan fingerprint density at radius 3 is 2.29 bits per heavy atom. The highest BCUT2D eigenvalue weighted by Crippen LogP contribution is 2.18. The summed E-state index contributed by atoms with van der Waals surface area (Å²) in [5.74, 6) is -0.272. The number of hydrogen-bond acceptors (Lipinski definition) is 3. The molecule has 0 radical (unpaired) electrons. The number of allylic oxidation sites excluding steroid dienone is 1.